The van der Waals surface area contributed by atoms with Gasteiger partial charge in [-0.2, -0.15) is 0 Å². The van der Waals surface area contributed by atoms with E-state index >= 15 is 0 Å². The third-order valence-corrected chi connectivity index (χ3v) is 6.79. The van der Waals surface area contributed by atoms with Crippen molar-refractivity contribution in [2.75, 3.05) is 26.3 Å². The van der Waals surface area contributed by atoms with Crippen molar-refractivity contribution in [1.29, 1.82) is 0 Å². The Morgan fingerprint density at radius 2 is 1.61 bits per heavy atom. The summed E-state index contributed by atoms with van der Waals surface area (Å²) < 4.78 is 33.2. The van der Waals surface area contributed by atoms with Crippen LogP contribution in [0, 0.1) is 0 Å². The minimum absolute atomic E-state index is 0.285. The van der Waals surface area contributed by atoms with Gasteiger partial charge in [0.25, 0.3) is 0 Å². The van der Waals surface area contributed by atoms with Crippen molar-refractivity contribution in [3.05, 3.63) is 65.2 Å². The first-order valence-electron chi connectivity index (χ1n) is 9.95. The van der Waals surface area contributed by atoms with Gasteiger partial charge in [-0.25, -0.2) is 13.1 Å². The molecule has 1 aliphatic heterocycles. The minimum Gasteiger partial charge on any atom is -0.379 e. The molecule has 2 aromatic carbocycles. The van der Waals surface area contributed by atoms with Crippen LogP contribution in [-0.4, -0.2) is 39.6 Å². The fraction of sp³-hybridized carbons (Fsp3) is 0.455. The molecule has 0 aromatic heterocycles. The summed E-state index contributed by atoms with van der Waals surface area (Å²) in [7, 11) is -3.51. The zero-order valence-corrected chi connectivity index (χ0v) is 17.5. The van der Waals surface area contributed by atoms with Crippen molar-refractivity contribution < 1.29 is 13.2 Å². The fourth-order valence-corrected chi connectivity index (χ4v) is 4.27. The van der Waals surface area contributed by atoms with E-state index in [1.807, 2.05) is 24.3 Å². The predicted molar refractivity (Wildman–Crippen MR) is 112 cm³/mol. The Labute approximate surface area is 168 Å². The van der Waals surface area contributed by atoms with E-state index in [4.69, 9.17) is 4.74 Å². The Morgan fingerprint density at radius 3 is 2.21 bits per heavy atom. The highest BCUT2D eigenvalue weighted by Crippen LogP contribution is 2.20. The number of nitrogens with one attached hydrogen (secondary N) is 1. The second-order valence-electron chi connectivity index (χ2n) is 7.41. The highest BCUT2D eigenvalue weighted by molar-refractivity contribution is 7.89. The van der Waals surface area contributed by atoms with E-state index in [2.05, 4.69) is 35.6 Å². The molecule has 1 fully saturated rings. The second kappa shape index (κ2) is 9.65. The fourth-order valence-electron chi connectivity index (χ4n) is 3.25. The lowest BCUT2D eigenvalue weighted by Crippen LogP contribution is -2.35. The standard InChI is InChI=1S/C22H30N2O3S/c1-3-18(2)21-8-10-22(11-9-21)28(25,26)23-16-19-4-6-20(7-5-19)17-24-12-14-27-15-13-24/h4-11,18,23H,3,12-17H2,1-2H3/t18-/m1/s1. The molecule has 0 amide bonds. The monoisotopic (exact) mass is 402 g/mol. The van der Waals surface area contributed by atoms with Gasteiger partial charge in [-0.15, -0.1) is 0 Å². The molecule has 3 rings (SSSR count). The SMILES string of the molecule is CC[C@@H](C)c1ccc(S(=O)(=O)NCc2ccc(CN3CCOCC3)cc2)cc1. The molecule has 1 heterocycles. The molecule has 0 saturated carbocycles. The summed E-state index contributed by atoms with van der Waals surface area (Å²) in [5, 5.41) is 0. The molecule has 1 aliphatic rings. The predicted octanol–water partition coefficient (Wildman–Crippen LogP) is 3.51. The summed E-state index contributed by atoms with van der Waals surface area (Å²) >= 11 is 0. The van der Waals surface area contributed by atoms with Crippen LogP contribution in [0.3, 0.4) is 0 Å². The van der Waals surface area contributed by atoms with Crippen LogP contribution < -0.4 is 4.72 Å². The van der Waals surface area contributed by atoms with Gasteiger partial charge >= 0.3 is 0 Å². The Morgan fingerprint density at radius 1 is 1.00 bits per heavy atom. The van der Waals surface area contributed by atoms with E-state index in [-0.39, 0.29) is 6.54 Å². The molecule has 2 aromatic rings. The molecule has 0 aliphatic carbocycles. The Bertz CT molecular complexity index is 842. The normalized spacial score (nSPS) is 16.8. The number of benzene rings is 2. The number of rotatable bonds is 8. The maximum absolute atomic E-state index is 12.6. The van der Waals surface area contributed by atoms with E-state index in [0.29, 0.717) is 10.8 Å². The zero-order chi connectivity index (χ0) is 20.0. The number of hydrogen-bond acceptors (Lipinski definition) is 4. The Balaban J connectivity index is 1.56. The van der Waals surface area contributed by atoms with Gasteiger partial charge in [0.1, 0.15) is 0 Å². The molecule has 152 valence electrons. The molecule has 0 unspecified atom stereocenters. The maximum atomic E-state index is 12.6. The molecular formula is C22H30N2O3S. The first-order chi connectivity index (χ1) is 13.5. The van der Waals surface area contributed by atoms with Crippen LogP contribution >= 0.6 is 0 Å². The van der Waals surface area contributed by atoms with Gasteiger partial charge in [0, 0.05) is 26.2 Å². The Kier molecular flexibility index (Phi) is 7.24. The second-order valence-corrected chi connectivity index (χ2v) is 9.17. The van der Waals surface area contributed by atoms with Crippen LogP contribution in [0.1, 0.15) is 42.9 Å². The number of nitrogens with zero attached hydrogens (tertiary/aromatic N) is 1. The summed E-state index contributed by atoms with van der Waals surface area (Å²) in [5.74, 6) is 0.431. The van der Waals surface area contributed by atoms with Gasteiger partial charge < -0.3 is 4.74 Å². The van der Waals surface area contributed by atoms with E-state index in [1.54, 1.807) is 12.1 Å². The average Bonchev–Trinajstić information content (AvgIpc) is 2.73. The van der Waals surface area contributed by atoms with Gasteiger partial charge in [-0.1, -0.05) is 50.2 Å². The molecule has 6 heteroatoms. The molecule has 0 radical (unpaired) electrons. The van der Waals surface area contributed by atoms with Crippen molar-refractivity contribution in [3.63, 3.8) is 0 Å². The van der Waals surface area contributed by atoms with E-state index in [0.717, 1.165) is 50.4 Å². The summed E-state index contributed by atoms with van der Waals surface area (Å²) in [5.41, 5.74) is 3.34. The number of ether oxygens (including phenoxy) is 1. The van der Waals surface area contributed by atoms with Crippen molar-refractivity contribution in [1.82, 2.24) is 9.62 Å². The smallest absolute Gasteiger partial charge is 0.240 e. The lowest BCUT2D eigenvalue weighted by atomic mass is 9.99. The van der Waals surface area contributed by atoms with Gasteiger partial charge in [0.05, 0.1) is 18.1 Å². The molecule has 0 spiro atoms. The number of hydrogen-bond donors (Lipinski definition) is 1. The van der Waals surface area contributed by atoms with Crippen LogP contribution in [0.2, 0.25) is 0 Å². The van der Waals surface area contributed by atoms with Crippen molar-refractivity contribution in [2.24, 2.45) is 0 Å². The van der Waals surface area contributed by atoms with Crippen LogP contribution in [-0.2, 0) is 27.8 Å². The number of morpholine rings is 1. The Hall–Kier alpha value is -1.73. The number of sulfonamides is 1. The first kappa shape index (κ1) is 21.0. The molecule has 1 N–H and O–H groups in total. The van der Waals surface area contributed by atoms with Crippen molar-refractivity contribution in [2.45, 2.75) is 44.2 Å². The van der Waals surface area contributed by atoms with Crippen LogP contribution in [0.15, 0.2) is 53.4 Å². The van der Waals surface area contributed by atoms with Gasteiger partial charge in [-0.05, 0) is 41.2 Å². The summed E-state index contributed by atoms with van der Waals surface area (Å²) in [6.45, 7) is 8.95. The molecule has 5 nitrogen and oxygen atoms in total. The third-order valence-electron chi connectivity index (χ3n) is 5.37. The largest absolute Gasteiger partial charge is 0.379 e. The summed E-state index contributed by atoms with van der Waals surface area (Å²) in [6, 6.07) is 15.3. The topological polar surface area (TPSA) is 58.6 Å². The molecular weight excluding hydrogens is 372 g/mol. The van der Waals surface area contributed by atoms with Crippen molar-refractivity contribution in [3.8, 4) is 0 Å². The maximum Gasteiger partial charge on any atom is 0.240 e. The quantitative estimate of drug-likeness (QED) is 0.734. The molecule has 1 atom stereocenters. The minimum atomic E-state index is -3.51. The van der Waals surface area contributed by atoms with Crippen molar-refractivity contribution >= 4 is 10.0 Å². The third kappa shape index (κ3) is 5.64. The van der Waals surface area contributed by atoms with Gasteiger partial charge in [-0.3, -0.25) is 4.90 Å². The van der Waals surface area contributed by atoms with Crippen LogP contribution in [0.4, 0.5) is 0 Å². The molecule has 1 saturated heterocycles. The van der Waals surface area contributed by atoms with E-state index in [1.165, 1.54) is 5.56 Å². The summed E-state index contributed by atoms with van der Waals surface area (Å²) in [4.78, 5) is 2.67. The summed E-state index contributed by atoms with van der Waals surface area (Å²) in [6.07, 6.45) is 1.03. The van der Waals surface area contributed by atoms with Gasteiger partial charge in [0.2, 0.25) is 10.0 Å². The van der Waals surface area contributed by atoms with Crippen LogP contribution in [0.25, 0.3) is 0 Å². The average molecular weight is 403 g/mol. The molecule has 0 bridgehead atoms. The zero-order valence-electron chi connectivity index (χ0n) is 16.7. The highest BCUT2D eigenvalue weighted by atomic mass is 32.2. The molecule has 28 heavy (non-hydrogen) atoms. The lowest BCUT2D eigenvalue weighted by molar-refractivity contribution is 0.0342. The van der Waals surface area contributed by atoms with Crippen LogP contribution in [0.5, 0.6) is 0 Å². The highest BCUT2D eigenvalue weighted by Gasteiger charge is 2.15. The lowest BCUT2D eigenvalue weighted by Gasteiger charge is -2.26. The van der Waals surface area contributed by atoms with Gasteiger partial charge in [0.15, 0.2) is 0 Å². The van der Waals surface area contributed by atoms with E-state index in [9.17, 15) is 8.42 Å². The van der Waals surface area contributed by atoms with E-state index < -0.39 is 10.0 Å². The first-order valence-corrected chi connectivity index (χ1v) is 11.4.